The van der Waals surface area contributed by atoms with Gasteiger partial charge < -0.3 is 19.8 Å². The number of esters is 1. The van der Waals surface area contributed by atoms with Gasteiger partial charge >= 0.3 is 13.6 Å². The van der Waals surface area contributed by atoms with E-state index in [-0.39, 0.29) is 12.8 Å². The van der Waals surface area contributed by atoms with Gasteiger partial charge in [-0.1, -0.05) is 11.6 Å². The smallest absolute Gasteiger partial charge is 0.329 e. The average molecular weight is 251 g/mol. The van der Waals surface area contributed by atoms with Gasteiger partial charge in [0.2, 0.25) is 0 Å². The van der Waals surface area contributed by atoms with Crippen LogP contribution in [-0.2, 0) is 14.1 Å². The molecule has 0 saturated carbocycles. The lowest BCUT2D eigenvalue weighted by Crippen LogP contribution is -2.34. The minimum atomic E-state index is -4.08. The summed E-state index contributed by atoms with van der Waals surface area (Å²) in [6, 6.07) is -0.675. The molecule has 0 rings (SSSR count). The number of carbonyl (C=O) groups excluding carboxylic acids is 1. The number of allylic oxidation sites excluding steroid dienone is 1. The topological polar surface area (TPSA) is 95.9 Å². The van der Waals surface area contributed by atoms with Crippen molar-refractivity contribution in [1.29, 1.82) is 0 Å². The fraction of sp³-hybridized carbons (Fsp3) is 0.667. The molecule has 1 atom stereocenters. The summed E-state index contributed by atoms with van der Waals surface area (Å²) >= 11 is 0. The second-order valence-corrected chi connectivity index (χ2v) is 5.00. The minimum Gasteiger partial charge on any atom is -0.465 e. The number of carbonyl (C=O) groups is 1. The molecule has 0 aliphatic heterocycles. The summed E-state index contributed by atoms with van der Waals surface area (Å²) in [6.07, 6.45) is 1.10. The maximum absolute atomic E-state index is 11.4. The first-order valence-electron chi connectivity index (χ1n) is 4.86. The third-order valence-corrected chi connectivity index (χ3v) is 2.67. The van der Waals surface area contributed by atoms with Crippen molar-refractivity contribution in [3.63, 3.8) is 0 Å². The van der Waals surface area contributed by atoms with Gasteiger partial charge in [0.15, 0.2) is 0 Å². The third-order valence-electron chi connectivity index (χ3n) is 1.76. The van der Waals surface area contributed by atoms with Crippen LogP contribution >= 0.6 is 7.60 Å². The maximum atomic E-state index is 11.4. The van der Waals surface area contributed by atoms with Crippen LogP contribution in [0, 0.1) is 0 Å². The Labute approximate surface area is 94.8 Å². The highest BCUT2D eigenvalue weighted by Crippen LogP contribution is 2.36. The summed E-state index contributed by atoms with van der Waals surface area (Å²) in [5.74, 6) is -0.463. The van der Waals surface area contributed by atoms with Gasteiger partial charge in [-0.2, -0.15) is 0 Å². The minimum absolute atomic E-state index is 0.266. The van der Waals surface area contributed by atoms with Crippen LogP contribution in [-0.4, -0.2) is 41.6 Å². The van der Waals surface area contributed by atoms with Crippen molar-refractivity contribution >= 4 is 13.6 Å². The summed E-state index contributed by atoms with van der Waals surface area (Å²) in [5.41, 5.74) is 0.445. The van der Waals surface area contributed by atoms with E-state index in [0.717, 1.165) is 0 Å². The highest BCUT2D eigenvalue weighted by atomic mass is 31.2. The van der Waals surface area contributed by atoms with Crippen LogP contribution in [0.5, 0.6) is 0 Å². The van der Waals surface area contributed by atoms with Gasteiger partial charge in [0, 0.05) is 0 Å². The van der Waals surface area contributed by atoms with E-state index < -0.39 is 19.6 Å². The molecule has 0 saturated heterocycles. The Morgan fingerprint density at radius 3 is 2.50 bits per heavy atom. The Bertz CT molecular complexity index is 309. The molecule has 0 aromatic rings. The molecule has 0 heterocycles. The van der Waals surface area contributed by atoms with Crippen LogP contribution < -0.4 is 5.32 Å². The number of rotatable bonds is 6. The molecule has 0 radical (unpaired) electrons. The van der Waals surface area contributed by atoms with Gasteiger partial charge in [-0.05, 0) is 20.9 Å². The molecule has 0 spiro atoms. The average Bonchev–Trinajstić information content (AvgIpc) is 2.11. The fourth-order valence-corrected chi connectivity index (χ4v) is 1.92. The first-order valence-corrected chi connectivity index (χ1v) is 6.65. The van der Waals surface area contributed by atoms with E-state index in [1.807, 2.05) is 0 Å². The molecule has 6 nitrogen and oxygen atoms in total. The van der Waals surface area contributed by atoms with Crippen molar-refractivity contribution in [2.75, 3.05) is 19.8 Å². The summed E-state index contributed by atoms with van der Waals surface area (Å²) in [5, 5.41) is 2.70. The maximum Gasteiger partial charge on any atom is 0.329 e. The van der Waals surface area contributed by atoms with Crippen molar-refractivity contribution in [2.24, 2.45) is 0 Å². The van der Waals surface area contributed by atoms with Crippen molar-refractivity contribution in [1.82, 2.24) is 5.32 Å². The molecule has 1 unspecified atom stereocenters. The molecular weight excluding hydrogens is 233 g/mol. The second-order valence-electron chi connectivity index (χ2n) is 3.35. The molecular formula is C9H18NO5P. The van der Waals surface area contributed by atoms with E-state index in [1.54, 1.807) is 20.9 Å². The zero-order valence-corrected chi connectivity index (χ0v) is 10.5. The molecule has 0 aromatic heterocycles. The van der Waals surface area contributed by atoms with E-state index in [4.69, 9.17) is 14.5 Å². The number of hydrogen-bond donors (Lipinski definition) is 3. The number of nitrogens with one attached hydrogen (secondary N) is 1. The number of ether oxygens (including phenoxy) is 1. The molecule has 0 amide bonds. The number of hydrogen-bond acceptors (Lipinski definition) is 4. The highest BCUT2D eigenvalue weighted by molar-refractivity contribution is 7.52. The van der Waals surface area contributed by atoms with E-state index in [2.05, 4.69) is 5.32 Å². The van der Waals surface area contributed by atoms with Gasteiger partial charge in [-0.15, -0.1) is 0 Å². The van der Waals surface area contributed by atoms with Crippen molar-refractivity contribution < 1.29 is 23.9 Å². The molecule has 0 aliphatic rings. The molecule has 16 heavy (non-hydrogen) atoms. The monoisotopic (exact) mass is 251 g/mol. The van der Waals surface area contributed by atoms with Gasteiger partial charge in [0.1, 0.15) is 6.04 Å². The predicted molar refractivity (Wildman–Crippen MR) is 60.1 cm³/mol. The van der Waals surface area contributed by atoms with E-state index in [0.29, 0.717) is 5.57 Å². The second kappa shape index (κ2) is 6.81. The molecule has 3 N–H and O–H groups in total. The zero-order valence-electron chi connectivity index (χ0n) is 9.64. The summed E-state index contributed by atoms with van der Waals surface area (Å²) < 4.78 is 15.5. The lowest BCUT2D eigenvalue weighted by atomic mass is 10.2. The number of likely N-dealkylation sites (N-methyl/N-ethyl adjacent to an activating group) is 1. The highest BCUT2D eigenvalue weighted by Gasteiger charge is 2.18. The normalized spacial score (nSPS) is 14.7. The zero-order chi connectivity index (χ0) is 12.8. The van der Waals surface area contributed by atoms with Gasteiger partial charge in [-0.25, -0.2) is 0 Å². The molecule has 0 aromatic carbocycles. The summed E-state index contributed by atoms with van der Waals surface area (Å²) in [4.78, 5) is 28.9. The predicted octanol–water partition coefficient (Wildman–Crippen LogP) is 0.261. The lowest BCUT2D eigenvalue weighted by molar-refractivity contribution is -0.144. The van der Waals surface area contributed by atoms with Gasteiger partial charge in [-0.3, -0.25) is 9.36 Å². The van der Waals surface area contributed by atoms with Crippen LogP contribution in [0.2, 0.25) is 0 Å². The Morgan fingerprint density at radius 1 is 1.56 bits per heavy atom. The van der Waals surface area contributed by atoms with E-state index in [1.165, 1.54) is 6.08 Å². The Balaban J connectivity index is 4.56. The quantitative estimate of drug-likeness (QED) is 0.356. The molecule has 0 aliphatic carbocycles. The van der Waals surface area contributed by atoms with Gasteiger partial charge in [0.25, 0.3) is 0 Å². The largest absolute Gasteiger partial charge is 0.465 e. The Hall–Kier alpha value is -0.680. The SMILES string of the molecule is CCOC(=O)C(/C=C(\C)CP(=O)(O)O)NC. The summed E-state index contributed by atoms with van der Waals surface area (Å²) in [6.45, 7) is 3.52. The van der Waals surface area contributed by atoms with E-state index in [9.17, 15) is 9.36 Å². The van der Waals surface area contributed by atoms with Crippen LogP contribution in [0.1, 0.15) is 13.8 Å². The Morgan fingerprint density at radius 2 is 2.12 bits per heavy atom. The first kappa shape index (κ1) is 15.3. The van der Waals surface area contributed by atoms with Crippen molar-refractivity contribution in [2.45, 2.75) is 19.9 Å². The van der Waals surface area contributed by atoms with E-state index >= 15 is 0 Å². The lowest BCUT2D eigenvalue weighted by Gasteiger charge is -2.12. The first-order chi connectivity index (χ1) is 7.30. The van der Waals surface area contributed by atoms with Crippen molar-refractivity contribution in [3.8, 4) is 0 Å². The standard InChI is InChI=1S/C9H18NO5P/c1-4-15-9(11)8(10-3)5-7(2)6-16(12,13)14/h5,8,10H,4,6H2,1-3H3,(H2,12,13,14)/b7-5+. The molecule has 94 valence electrons. The molecule has 0 fully saturated rings. The van der Waals surface area contributed by atoms with Crippen LogP contribution in [0.15, 0.2) is 11.6 Å². The van der Waals surface area contributed by atoms with Crippen molar-refractivity contribution in [3.05, 3.63) is 11.6 Å². The van der Waals surface area contributed by atoms with Crippen LogP contribution in [0.4, 0.5) is 0 Å². The molecule has 7 heteroatoms. The molecule has 0 bridgehead atoms. The van der Waals surface area contributed by atoms with Crippen LogP contribution in [0.3, 0.4) is 0 Å². The van der Waals surface area contributed by atoms with Crippen LogP contribution in [0.25, 0.3) is 0 Å². The summed E-state index contributed by atoms with van der Waals surface area (Å²) in [7, 11) is -2.51. The third kappa shape index (κ3) is 6.74. The Kier molecular flexibility index (Phi) is 6.52. The van der Waals surface area contributed by atoms with Gasteiger partial charge in [0.05, 0.1) is 12.8 Å². The fourth-order valence-electron chi connectivity index (χ4n) is 1.16.